The summed E-state index contributed by atoms with van der Waals surface area (Å²) in [5.74, 6) is -0.482. The second-order valence-corrected chi connectivity index (χ2v) is 9.35. The molecule has 1 saturated heterocycles. The van der Waals surface area contributed by atoms with E-state index in [1.165, 1.54) is 16.4 Å². The van der Waals surface area contributed by atoms with Gasteiger partial charge in [-0.3, -0.25) is 9.59 Å². The summed E-state index contributed by atoms with van der Waals surface area (Å²) in [6, 6.07) is 13.4. The average Bonchev–Trinajstić information content (AvgIpc) is 2.74. The zero-order chi connectivity index (χ0) is 21.6. The van der Waals surface area contributed by atoms with Gasteiger partial charge in [0.25, 0.3) is 5.91 Å². The Morgan fingerprint density at radius 3 is 2.37 bits per heavy atom. The normalized spacial score (nSPS) is 14.8. The third kappa shape index (κ3) is 5.67. The van der Waals surface area contributed by atoms with Crippen molar-refractivity contribution in [3.05, 3.63) is 59.7 Å². The van der Waals surface area contributed by atoms with E-state index in [2.05, 4.69) is 10.6 Å². The monoisotopic (exact) mass is 429 g/mol. The molecule has 2 aromatic carbocycles. The Balaban J connectivity index is 1.49. The molecule has 2 amide bonds. The number of anilines is 1. The second-order valence-electron chi connectivity index (χ2n) is 7.41. The number of amides is 2. The molecule has 1 heterocycles. The van der Waals surface area contributed by atoms with Gasteiger partial charge in [0.1, 0.15) is 0 Å². The molecule has 160 valence electrons. The van der Waals surface area contributed by atoms with Crippen molar-refractivity contribution in [3.63, 3.8) is 0 Å². The molecule has 2 N–H and O–H groups in total. The average molecular weight is 430 g/mol. The van der Waals surface area contributed by atoms with E-state index < -0.39 is 10.0 Å². The Hall–Kier alpha value is -2.71. The van der Waals surface area contributed by atoms with E-state index >= 15 is 0 Å². The summed E-state index contributed by atoms with van der Waals surface area (Å²) >= 11 is 0. The van der Waals surface area contributed by atoms with Gasteiger partial charge in [0.2, 0.25) is 15.9 Å². The highest BCUT2D eigenvalue weighted by atomic mass is 32.2. The maximum Gasteiger partial charge on any atom is 0.251 e. The van der Waals surface area contributed by atoms with Gasteiger partial charge in [-0.05, 0) is 56.2 Å². The molecule has 1 aliphatic rings. The summed E-state index contributed by atoms with van der Waals surface area (Å²) in [7, 11) is -3.49. The standard InChI is InChI=1S/C22H27N3O4S/c1-17-6-5-7-18(16-17)22(27)23-13-12-21(26)24-19-8-10-20(11-9-19)30(28,29)25-14-3-2-4-15-25/h5-11,16H,2-4,12-15H2,1H3,(H,23,27)(H,24,26). The summed E-state index contributed by atoms with van der Waals surface area (Å²) in [5.41, 5.74) is 2.06. The number of sulfonamides is 1. The molecule has 0 radical (unpaired) electrons. The Labute approximate surface area is 177 Å². The van der Waals surface area contributed by atoms with Gasteiger partial charge in [0.05, 0.1) is 4.90 Å². The van der Waals surface area contributed by atoms with E-state index in [0.29, 0.717) is 24.3 Å². The molecule has 0 saturated carbocycles. The van der Waals surface area contributed by atoms with Crippen LogP contribution in [0.4, 0.5) is 5.69 Å². The van der Waals surface area contributed by atoms with Gasteiger partial charge in [-0.2, -0.15) is 4.31 Å². The zero-order valence-corrected chi connectivity index (χ0v) is 17.9. The van der Waals surface area contributed by atoms with Crippen molar-refractivity contribution in [3.8, 4) is 0 Å². The number of aryl methyl sites for hydroxylation is 1. The first-order valence-electron chi connectivity index (χ1n) is 10.1. The van der Waals surface area contributed by atoms with E-state index in [1.807, 2.05) is 19.1 Å². The fourth-order valence-electron chi connectivity index (χ4n) is 3.37. The lowest BCUT2D eigenvalue weighted by Crippen LogP contribution is -2.35. The number of benzene rings is 2. The predicted octanol–water partition coefficient (Wildman–Crippen LogP) is 2.93. The second kappa shape index (κ2) is 9.86. The predicted molar refractivity (Wildman–Crippen MR) is 116 cm³/mol. The van der Waals surface area contributed by atoms with Crippen molar-refractivity contribution in [1.29, 1.82) is 0 Å². The molecule has 0 bridgehead atoms. The Bertz CT molecular complexity index is 997. The van der Waals surface area contributed by atoms with Crippen LogP contribution in [0.1, 0.15) is 41.6 Å². The Morgan fingerprint density at radius 1 is 1.00 bits per heavy atom. The first-order chi connectivity index (χ1) is 14.4. The minimum atomic E-state index is -3.49. The van der Waals surface area contributed by atoms with Crippen molar-refractivity contribution in [2.75, 3.05) is 25.0 Å². The molecule has 7 nitrogen and oxygen atoms in total. The van der Waals surface area contributed by atoms with Crippen LogP contribution in [0.3, 0.4) is 0 Å². The lowest BCUT2D eigenvalue weighted by atomic mass is 10.1. The van der Waals surface area contributed by atoms with E-state index in [4.69, 9.17) is 0 Å². The first kappa shape index (κ1) is 22.0. The van der Waals surface area contributed by atoms with Crippen LogP contribution in [0, 0.1) is 6.92 Å². The maximum atomic E-state index is 12.7. The first-order valence-corrected chi connectivity index (χ1v) is 11.6. The molecule has 30 heavy (non-hydrogen) atoms. The lowest BCUT2D eigenvalue weighted by molar-refractivity contribution is -0.116. The van der Waals surface area contributed by atoms with Gasteiger partial charge >= 0.3 is 0 Å². The largest absolute Gasteiger partial charge is 0.352 e. The molecule has 0 atom stereocenters. The van der Waals surface area contributed by atoms with Crippen LogP contribution in [-0.4, -0.2) is 44.2 Å². The number of hydrogen-bond acceptors (Lipinski definition) is 4. The highest BCUT2D eigenvalue weighted by Gasteiger charge is 2.25. The third-order valence-corrected chi connectivity index (χ3v) is 6.92. The molecule has 3 rings (SSSR count). The van der Waals surface area contributed by atoms with Crippen molar-refractivity contribution in [2.45, 2.75) is 37.5 Å². The van der Waals surface area contributed by atoms with Crippen molar-refractivity contribution < 1.29 is 18.0 Å². The minimum Gasteiger partial charge on any atom is -0.352 e. The van der Waals surface area contributed by atoms with E-state index in [-0.39, 0.29) is 29.7 Å². The van der Waals surface area contributed by atoms with Gasteiger partial charge in [-0.1, -0.05) is 24.1 Å². The molecular formula is C22H27N3O4S. The summed E-state index contributed by atoms with van der Waals surface area (Å²) in [4.78, 5) is 24.4. The molecule has 0 unspecified atom stereocenters. The molecule has 0 aliphatic carbocycles. The van der Waals surface area contributed by atoms with Crippen LogP contribution < -0.4 is 10.6 Å². The van der Waals surface area contributed by atoms with Gasteiger partial charge in [-0.15, -0.1) is 0 Å². The summed E-state index contributed by atoms with van der Waals surface area (Å²) in [6.07, 6.45) is 2.94. The smallest absolute Gasteiger partial charge is 0.251 e. The molecule has 1 fully saturated rings. The van der Waals surface area contributed by atoms with Gasteiger partial charge in [0, 0.05) is 37.3 Å². The Morgan fingerprint density at radius 2 is 1.70 bits per heavy atom. The molecular weight excluding hydrogens is 402 g/mol. The van der Waals surface area contributed by atoms with Crippen molar-refractivity contribution in [1.82, 2.24) is 9.62 Å². The molecule has 0 aromatic heterocycles. The fraction of sp³-hybridized carbons (Fsp3) is 0.364. The maximum absolute atomic E-state index is 12.7. The van der Waals surface area contributed by atoms with Crippen LogP contribution in [0.5, 0.6) is 0 Å². The van der Waals surface area contributed by atoms with E-state index in [0.717, 1.165) is 24.8 Å². The number of carbonyl (C=O) groups is 2. The van der Waals surface area contributed by atoms with Gasteiger partial charge in [0.15, 0.2) is 0 Å². The van der Waals surface area contributed by atoms with Crippen LogP contribution >= 0.6 is 0 Å². The van der Waals surface area contributed by atoms with E-state index in [9.17, 15) is 18.0 Å². The van der Waals surface area contributed by atoms with Gasteiger partial charge < -0.3 is 10.6 Å². The summed E-state index contributed by atoms with van der Waals surface area (Å²) < 4.78 is 26.8. The number of nitrogens with one attached hydrogen (secondary N) is 2. The molecule has 0 spiro atoms. The lowest BCUT2D eigenvalue weighted by Gasteiger charge is -2.25. The topological polar surface area (TPSA) is 95.6 Å². The van der Waals surface area contributed by atoms with Crippen molar-refractivity contribution >= 4 is 27.5 Å². The zero-order valence-electron chi connectivity index (χ0n) is 17.1. The highest BCUT2D eigenvalue weighted by molar-refractivity contribution is 7.89. The number of carbonyl (C=O) groups excluding carboxylic acids is 2. The van der Waals surface area contributed by atoms with Gasteiger partial charge in [-0.25, -0.2) is 8.42 Å². The number of nitrogens with zero attached hydrogens (tertiary/aromatic N) is 1. The number of piperidine rings is 1. The quantitative estimate of drug-likeness (QED) is 0.707. The molecule has 1 aliphatic heterocycles. The molecule has 2 aromatic rings. The number of hydrogen-bond donors (Lipinski definition) is 2. The fourth-order valence-corrected chi connectivity index (χ4v) is 4.88. The van der Waals surface area contributed by atoms with Crippen LogP contribution in [0.15, 0.2) is 53.4 Å². The third-order valence-electron chi connectivity index (χ3n) is 5.01. The van der Waals surface area contributed by atoms with Crippen LogP contribution in [0.2, 0.25) is 0 Å². The Kier molecular flexibility index (Phi) is 7.23. The highest BCUT2D eigenvalue weighted by Crippen LogP contribution is 2.22. The minimum absolute atomic E-state index is 0.116. The van der Waals surface area contributed by atoms with Crippen LogP contribution in [-0.2, 0) is 14.8 Å². The summed E-state index contributed by atoms with van der Waals surface area (Å²) in [5, 5.41) is 5.45. The SMILES string of the molecule is Cc1cccc(C(=O)NCCC(=O)Nc2ccc(S(=O)(=O)N3CCCCC3)cc2)c1. The molecule has 8 heteroatoms. The number of rotatable bonds is 7. The van der Waals surface area contributed by atoms with Crippen molar-refractivity contribution in [2.24, 2.45) is 0 Å². The van der Waals surface area contributed by atoms with E-state index in [1.54, 1.807) is 24.3 Å². The summed E-state index contributed by atoms with van der Waals surface area (Å²) in [6.45, 7) is 3.22. The van der Waals surface area contributed by atoms with Crippen LogP contribution in [0.25, 0.3) is 0 Å².